The van der Waals surface area contributed by atoms with Crippen LogP contribution in [0.4, 0.5) is 0 Å². The zero-order valence-corrected chi connectivity index (χ0v) is 9.46. The Bertz CT molecular complexity index is 289. The Labute approximate surface area is 95.3 Å². The molecule has 0 bridgehead atoms. The molecule has 0 amide bonds. The molecular formula is C10H16N4S. The Morgan fingerprint density at radius 2 is 2.13 bits per heavy atom. The van der Waals surface area contributed by atoms with Gasteiger partial charge in [0.15, 0.2) is 0 Å². The first-order valence-electron chi connectivity index (χ1n) is 5.03. The first kappa shape index (κ1) is 12.0. The molecule has 0 saturated heterocycles. The molecule has 4 nitrogen and oxygen atoms in total. The molecule has 0 fully saturated rings. The predicted octanol–water partition coefficient (Wildman–Crippen LogP) is 0.675. The lowest BCUT2D eigenvalue weighted by Crippen LogP contribution is -2.24. The minimum atomic E-state index is 0.689. The molecule has 1 aromatic rings. The molecule has 5 heteroatoms. The molecular weight excluding hydrogens is 208 g/mol. The van der Waals surface area contributed by atoms with Crippen LogP contribution < -0.4 is 11.1 Å². The predicted molar refractivity (Wildman–Crippen MR) is 64.6 cm³/mol. The Hall–Kier alpha value is -1.07. The van der Waals surface area contributed by atoms with Crippen molar-refractivity contribution in [2.45, 2.75) is 19.3 Å². The molecule has 1 rings (SSSR count). The SMILES string of the molecule is NCCCC(=S)NCCc1cncnc1. The van der Waals surface area contributed by atoms with Gasteiger partial charge in [-0.3, -0.25) is 0 Å². The molecule has 1 heterocycles. The lowest BCUT2D eigenvalue weighted by atomic mass is 10.2. The van der Waals surface area contributed by atoms with Crippen molar-refractivity contribution in [2.75, 3.05) is 13.1 Å². The van der Waals surface area contributed by atoms with E-state index in [0.717, 1.165) is 36.4 Å². The van der Waals surface area contributed by atoms with Crippen molar-refractivity contribution in [3.8, 4) is 0 Å². The number of hydrogen-bond donors (Lipinski definition) is 2. The van der Waals surface area contributed by atoms with Gasteiger partial charge in [-0.2, -0.15) is 0 Å². The molecule has 0 aliphatic heterocycles. The van der Waals surface area contributed by atoms with E-state index in [2.05, 4.69) is 15.3 Å². The third-order valence-electron chi connectivity index (χ3n) is 1.96. The average Bonchev–Trinajstić information content (AvgIpc) is 2.28. The Kier molecular flexibility index (Phi) is 5.80. The zero-order chi connectivity index (χ0) is 10.9. The van der Waals surface area contributed by atoms with E-state index in [-0.39, 0.29) is 0 Å². The number of rotatable bonds is 6. The molecule has 15 heavy (non-hydrogen) atoms. The number of nitrogens with one attached hydrogen (secondary N) is 1. The smallest absolute Gasteiger partial charge is 0.115 e. The largest absolute Gasteiger partial charge is 0.379 e. The van der Waals surface area contributed by atoms with Crippen molar-refractivity contribution in [2.24, 2.45) is 5.73 Å². The second-order valence-corrected chi connectivity index (χ2v) is 3.73. The van der Waals surface area contributed by atoms with Crippen LogP contribution in [-0.2, 0) is 6.42 Å². The minimum absolute atomic E-state index is 0.689. The highest BCUT2D eigenvalue weighted by Gasteiger charge is 1.96. The lowest BCUT2D eigenvalue weighted by Gasteiger charge is -2.06. The van der Waals surface area contributed by atoms with Crippen LogP contribution in [0.2, 0.25) is 0 Å². The van der Waals surface area contributed by atoms with E-state index in [9.17, 15) is 0 Å². The number of nitrogens with zero attached hydrogens (tertiary/aromatic N) is 2. The Balaban J connectivity index is 2.14. The summed E-state index contributed by atoms with van der Waals surface area (Å²) in [4.78, 5) is 8.77. The second kappa shape index (κ2) is 7.25. The summed E-state index contributed by atoms with van der Waals surface area (Å²) in [6, 6.07) is 0. The molecule has 0 aromatic carbocycles. The minimum Gasteiger partial charge on any atom is -0.379 e. The van der Waals surface area contributed by atoms with Crippen LogP contribution in [0.5, 0.6) is 0 Å². The summed E-state index contributed by atoms with van der Waals surface area (Å²) in [6.45, 7) is 1.52. The second-order valence-electron chi connectivity index (χ2n) is 3.24. The van der Waals surface area contributed by atoms with E-state index in [1.54, 1.807) is 0 Å². The summed E-state index contributed by atoms with van der Waals surface area (Å²) >= 11 is 5.14. The van der Waals surface area contributed by atoms with Crippen molar-refractivity contribution in [1.29, 1.82) is 0 Å². The first-order chi connectivity index (χ1) is 7.33. The summed E-state index contributed by atoms with van der Waals surface area (Å²) in [5, 5.41) is 3.19. The van der Waals surface area contributed by atoms with Gasteiger partial charge in [0, 0.05) is 18.9 Å². The number of hydrogen-bond acceptors (Lipinski definition) is 4. The van der Waals surface area contributed by atoms with Crippen LogP contribution in [0, 0.1) is 0 Å². The molecule has 0 atom stereocenters. The van der Waals surface area contributed by atoms with E-state index in [4.69, 9.17) is 18.0 Å². The van der Waals surface area contributed by atoms with Crippen molar-refractivity contribution >= 4 is 17.2 Å². The zero-order valence-electron chi connectivity index (χ0n) is 8.65. The molecule has 3 N–H and O–H groups in total. The van der Waals surface area contributed by atoms with Crippen LogP contribution in [0.3, 0.4) is 0 Å². The molecule has 0 aliphatic carbocycles. The van der Waals surface area contributed by atoms with Crippen LogP contribution in [0.15, 0.2) is 18.7 Å². The highest BCUT2D eigenvalue weighted by atomic mass is 32.1. The Morgan fingerprint density at radius 1 is 1.40 bits per heavy atom. The van der Waals surface area contributed by atoms with Crippen molar-refractivity contribution < 1.29 is 0 Å². The van der Waals surface area contributed by atoms with Crippen molar-refractivity contribution in [3.05, 3.63) is 24.3 Å². The number of aromatic nitrogens is 2. The van der Waals surface area contributed by atoms with E-state index >= 15 is 0 Å². The van der Waals surface area contributed by atoms with Gasteiger partial charge in [-0.15, -0.1) is 0 Å². The van der Waals surface area contributed by atoms with Crippen LogP contribution in [0.1, 0.15) is 18.4 Å². The topological polar surface area (TPSA) is 63.8 Å². The van der Waals surface area contributed by atoms with Gasteiger partial charge in [0.1, 0.15) is 6.33 Å². The molecule has 0 aliphatic rings. The normalized spacial score (nSPS) is 9.93. The highest BCUT2D eigenvalue weighted by molar-refractivity contribution is 7.80. The van der Waals surface area contributed by atoms with E-state index in [0.29, 0.717) is 6.54 Å². The quantitative estimate of drug-likeness (QED) is 0.696. The van der Waals surface area contributed by atoms with Gasteiger partial charge in [0.05, 0.1) is 4.99 Å². The summed E-state index contributed by atoms with van der Waals surface area (Å²) in [5.74, 6) is 0. The summed E-state index contributed by atoms with van der Waals surface area (Å²) in [5.41, 5.74) is 6.51. The number of nitrogens with two attached hydrogens (primary N) is 1. The average molecular weight is 224 g/mol. The number of thiocarbonyl (C=S) groups is 1. The molecule has 0 saturated carbocycles. The van der Waals surface area contributed by atoms with Crippen LogP contribution >= 0.6 is 12.2 Å². The third kappa shape index (κ3) is 5.39. The lowest BCUT2D eigenvalue weighted by molar-refractivity contribution is 0.815. The standard InChI is InChI=1S/C10H16N4S/c11-4-1-2-10(15)14-5-3-9-6-12-8-13-7-9/h6-8H,1-5,11H2,(H,14,15). The maximum absolute atomic E-state index is 5.39. The van der Waals surface area contributed by atoms with Gasteiger partial charge in [-0.1, -0.05) is 12.2 Å². The monoisotopic (exact) mass is 224 g/mol. The fourth-order valence-corrected chi connectivity index (χ4v) is 1.40. The fourth-order valence-electron chi connectivity index (χ4n) is 1.16. The molecule has 0 radical (unpaired) electrons. The van der Waals surface area contributed by atoms with E-state index < -0.39 is 0 Å². The fraction of sp³-hybridized carbons (Fsp3) is 0.500. The highest BCUT2D eigenvalue weighted by Crippen LogP contribution is 1.94. The van der Waals surface area contributed by atoms with Crippen LogP contribution in [-0.4, -0.2) is 28.0 Å². The van der Waals surface area contributed by atoms with E-state index in [1.807, 2.05) is 12.4 Å². The van der Waals surface area contributed by atoms with Crippen molar-refractivity contribution in [1.82, 2.24) is 15.3 Å². The Morgan fingerprint density at radius 3 is 2.80 bits per heavy atom. The molecule has 0 spiro atoms. The van der Waals surface area contributed by atoms with Gasteiger partial charge in [0.25, 0.3) is 0 Å². The molecule has 82 valence electrons. The summed E-state index contributed by atoms with van der Waals surface area (Å²) < 4.78 is 0. The van der Waals surface area contributed by atoms with Gasteiger partial charge in [-0.25, -0.2) is 9.97 Å². The van der Waals surface area contributed by atoms with Crippen molar-refractivity contribution in [3.63, 3.8) is 0 Å². The van der Waals surface area contributed by atoms with Gasteiger partial charge < -0.3 is 11.1 Å². The maximum atomic E-state index is 5.39. The van der Waals surface area contributed by atoms with Gasteiger partial charge in [-0.05, 0) is 31.4 Å². The van der Waals surface area contributed by atoms with E-state index in [1.165, 1.54) is 6.33 Å². The van der Waals surface area contributed by atoms with Crippen LogP contribution in [0.25, 0.3) is 0 Å². The molecule has 0 unspecified atom stereocenters. The third-order valence-corrected chi connectivity index (χ3v) is 2.31. The summed E-state index contributed by atoms with van der Waals surface area (Å²) in [6.07, 6.45) is 7.87. The summed E-state index contributed by atoms with van der Waals surface area (Å²) in [7, 11) is 0. The van der Waals surface area contributed by atoms with Gasteiger partial charge in [0.2, 0.25) is 0 Å². The first-order valence-corrected chi connectivity index (χ1v) is 5.44. The molecule has 1 aromatic heterocycles. The maximum Gasteiger partial charge on any atom is 0.115 e. The van der Waals surface area contributed by atoms with Gasteiger partial charge >= 0.3 is 0 Å².